The smallest absolute Gasteiger partial charge is 0.337 e. The molecule has 14 nitrogen and oxygen atoms in total. The third kappa shape index (κ3) is 7.14. The lowest BCUT2D eigenvalue weighted by Crippen LogP contribution is -2.45. The van der Waals surface area contributed by atoms with Crippen LogP contribution in [0, 0.1) is 10.1 Å². The minimum absolute atomic E-state index is 0.113. The number of ether oxygens (including phenoxy) is 3. The maximum absolute atomic E-state index is 12.4. The van der Waals surface area contributed by atoms with E-state index in [1.807, 2.05) is 0 Å². The summed E-state index contributed by atoms with van der Waals surface area (Å²) in [7, 11) is 1.25. The molecule has 1 heterocycles. The van der Waals surface area contributed by atoms with Gasteiger partial charge in [0.1, 0.15) is 6.61 Å². The molecule has 0 saturated carbocycles. The lowest BCUT2D eigenvalue weighted by molar-refractivity contribution is -0.386. The third-order valence-corrected chi connectivity index (χ3v) is 5.98. The number of nitrogens with zero attached hydrogens (tertiary/aromatic N) is 2. The van der Waals surface area contributed by atoms with Crippen LogP contribution in [0.25, 0.3) is 0 Å². The van der Waals surface area contributed by atoms with Gasteiger partial charge in [0.2, 0.25) is 5.75 Å². The molecule has 15 heteroatoms. The lowest BCUT2D eigenvalue weighted by Gasteiger charge is -2.28. The topological polar surface area (TPSA) is 194 Å². The van der Waals surface area contributed by atoms with E-state index in [4.69, 9.17) is 14.2 Å². The standard InChI is InChI=1S/C24H26BrN5O9/c1-4-38-18-9-14(21-20(23(33)37-3)12(2)27-24(34)28-21)5-6-17(18)39-11-19(31)29-26-10-13-7-15(25)22(32)16(8-13)30(35)36/h5-10,19,21,29,31-32H,4,11H2,1-3H3,(H2,27,28,34)/b26-10-/t19-,21+/m0/s1. The molecule has 0 bridgehead atoms. The number of aliphatic hydroxyl groups excluding tert-OH is 1. The van der Waals surface area contributed by atoms with E-state index in [2.05, 4.69) is 37.1 Å². The zero-order chi connectivity index (χ0) is 28.7. The molecule has 0 aromatic heterocycles. The maximum Gasteiger partial charge on any atom is 0.337 e. The number of aromatic hydroxyl groups is 1. The summed E-state index contributed by atoms with van der Waals surface area (Å²) in [6.45, 7) is 3.39. The number of urea groups is 1. The molecule has 2 aromatic rings. The van der Waals surface area contributed by atoms with E-state index in [0.717, 1.165) is 6.07 Å². The van der Waals surface area contributed by atoms with E-state index in [1.165, 1.54) is 19.4 Å². The number of carbonyl (C=O) groups excluding carboxylic acids is 2. The summed E-state index contributed by atoms with van der Waals surface area (Å²) in [5, 5.41) is 40.1. The zero-order valence-corrected chi connectivity index (χ0v) is 22.6. The molecule has 0 aliphatic carbocycles. The molecule has 2 atom stereocenters. The second-order valence-corrected chi connectivity index (χ2v) is 8.90. The van der Waals surface area contributed by atoms with Crippen LogP contribution in [0.1, 0.15) is 31.0 Å². The molecular weight excluding hydrogens is 582 g/mol. The Balaban J connectivity index is 1.71. The van der Waals surface area contributed by atoms with Crippen molar-refractivity contribution in [3.63, 3.8) is 0 Å². The quantitative estimate of drug-likeness (QED) is 0.0832. The van der Waals surface area contributed by atoms with Crippen LogP contribution >= 0.6 is 15.9 Å². The number of nitro groups is 1. The molecule has 0 saturated heterocycles. The highest BCUT2D eigenvalue weighted by molar-refractivity contribution is 9.10. The van der Waals surface area contributed by atoms with Crippen molar-refractivity contribution in [3.05, 3.63) is 67.3 Å². The molecule has 1 aliphatic rings. The molecule has 5 N–H and O–H groups in total. The number of nitro benzene ring substituents is 1. The van der Waals surface area contributed by atoms with Gasteiger partial charge in [-0.2, -0.15) is 5.10 Å². The molecule has 2 aromatic carbocycles. The molecular formula is C24H26BrN5O9. The fourth-order valence-electron chi connectivity index (χ4n) is 3.64. The maximum atomic E-state index is 12.4. The van der Waals surface area contributed by atoms with Crippen molar-refractivity contribution in [2.24, 2.45) is 5.10 Å². The van der Waals surface area contributed by atoms with Gasteiger partial charge < -0.3 is 35.1 Å². The fraction of sp³-hybridized carbons (Fsp3) is 0.292. The van der Waals surface area contributed by atoms with E-state index < -0.39 is 40.6 Å². The van der Waals surface area contributed by atoms with Crippen molar-refractivity contribution < 1.29 is 38.9 Å². The van der Waals surface area contributed by atoms with E-state index in [-0.39, 0.29) is 29.0 Å². The largest absolute Gasteiger partial charge is 0.501 e. The summed E-state index contributed by atoms with van der Waals surface area (Å²) in [4.78, 5) is 34.8. The Morgan fingerprint density at radius 2 is 2.05 bits per heavy atom. The van der Waals surface area contributed by atoms with Crippen LogP contribution in [0.5, 0.6) is 17.2 Å². The van der Waals surface area contributed by atoms with E-state index >= 15 is 0 Å². The number of phenols is 1. The number of phenolic OH excluding ortho intramolecular Hbond substituents is 1. The van der Waals surface area contributed by atoms with Gasteiger partial charge in [-0.3, -0.25) is 15.5 Å². The van der Waals surface area contributed by atoms with E-state index in [0.29, 0.717) is 22.6 Å². The van der Waals surface area contributed by atoms with Gasteiger partial charge in [-0.1, -0.05) is 6.07 Å². The van der Waals surface area contributed by atoms with Gasteiger partial charge >= 0.3 is 17.7 Å². The minimum atomic E-state index is -1.27. The Kier molecular flexibility index (Phi) is 9.68. The predicted molar refractivity (Wildman–Crippen MR) is 141 cm³/mol. The number of esters is 1. The average molecular weight is 608 g/mol. The first kappa shape index (κ1) is 29.2. The second kappa shape index (κ2) is 12.9. The van der Waals surface area contributed by atoms with Gasteiger partial charge in [0, 0.05) is 17.3 Å². The van der Waals surface area contributed by atoms with Gasteiger partial charge in [0.25, 0.3) is 0 Å². The fourth-order valence-corrected chi connectivity index (χ4v) is 4.11. The molecule has 0 radical (unpaired) electrons. The van der Waals surface area contributed by atoms with E-state index in [9.17, 15) is 29.9 Å². The molecule has 0 unspecified atom stereocenters. The Morgan fingerprint density at radius 1 is 1.31 bits per heavy atom. The van der Waals surface area contributed by atoms with Crippen LogP contribution in [0.3, 0.4) is 0 Å². The van der Waals surface area contributed by atoms with Crippen LogP contribution in [-0.4, -0.2) is 59.9 Å². The molecule has 0 fully saturated rings. The van der Waals surface area contributed by atoms with Crippen LogP contribution in [-0.2, 0) is 9.53 Å². The highest BCUT2D eigenvalue weighted by Crippen LogP contribution is 2.36. The number of aliphatic hydroxyl groups is 1. The number of halogens is 1. The summed E-state index contributed by atoms with van der Waals surface area (Å²) < 4.78 is 16.3. The first-order valence-corrected chi connectivity index (χ1v) is 12.2. The highest BCUT2D eigenvalue weighted by Gasteiger charge is 2.32. The van der Waals surface area contributed by atoms with E-state index in [1.54, 1.807) is 32.0 Å². The molecule has 2 amide bonds. The monoisotopic (exact) mass is 607 g/mol. The number of hydrazone groups is 1. The molecule has 39 heavy (non-hydrogen) atoms. The molecule has 1 aliphatic heterocycles. The number of hydrogen-bond donors (Lipinski definition) is 5. The molecule has 3 rings (SSSR count). The van der Waals surface area contributed by atoms with Crippen LogP contribution < -0.4 is 25.5 Å². The summed E-state index contributed by atoms with van der Waals surface area (Å²) in [5.41, 5.74) is 3.35. The van der Waals surface area contributed by atoms with Gasteiger partial charge in [-0.25, -0.2) is 9.59 Å². The zero-order valence-electron chi connectivity index (χ0n) is 21.1. The van der Waals surface area contributed by atoms with Crippen molar-refractivity contribution in [3.8, 4) is 17.2 Å². The Morgan fingerprint density at radius 3 is 2.72 bits per heavy atom. The first-order chi connectivity index (χ1) is 18.5. The Labute approximate surface area is 230 Å². The average Bonchev–Trinajstić information content (AvgIpc) is 2.89. The number of methoxy groups -OCH3 is 1. The van der Waals surface area contributed by atoms with Crippen LogP contribution in [0.4, 0.5) is 10.5 Å². The van der Waals surface area contributed by atoms with Gasteiger partial charge in [0.05, 0.1) is 40.9 Å². The number of carbonyl (C=O) groups is 2. The lowest BCUT2D eigenvalue weighted by atomic mass is 9.95. The van der Waals surface area contributed by atoms with Gasteiger partial charge in [0.15, 0.2) is 17.7 Å². The van der Waals surface area contributed by atoms with Gasteiger partial charge in [-0.15, -0.1) is 0 Å². The van der Waals surface area contributed by atoms with Crippen molar-refractivity contribution in [1.29, 1.82) is 0 Å². The number of nitrogens with one attached hydrogen (secondary N) is 3. The van der Waals surface area contributed by atoms with Crippen molar-refractivity contribution in [2.75, 3.05) is 20.3 Å². The van der Waals surface area contributed by atoms with Crippen LogP contribution in [0.2, 0.25) is 0 Å². The number of amides is 2. The summed E-state index contributed by atoms with van der Waals surface area (Å²) in [5.74, 6) is -0.525. The van der Waals surface area contributed by atoms with Crippen molar-refractivity contribution in [1.82, 2.24) is 16.1 Å². The van der Waals surface area contributed by atoms with Crippen LogP contribution in [0.15, 0.2) is 51.2 Å². The summed E-state index contributed by atoms with van der Waals surface area (Å²) >= 11 is 3.04. The highest BCUT2D eigenvalue weighted by atomic mass is 79.9. The molecule has 0 spiro atoms. The number of rotatable bonds is 11. The Hall–Kier alpha value is -4.37. The normalized spacial score (nSPS) is 15.8. The Bertz CT molecular complexity index is 1330. The number of hydrogen-bond acceptors (Lipinski definition) is 11. The van der Waals surface area contributed by atoms with Crippen molar-refractivity contribution >= 4 is 39.8 Å². The molecule has 208 valence electrons. The van der Waals surface area contributed by atoms with Gasteiger partial charge in [-0.05, 0) is 53.5 Å². The second-order valence-electron chi connectivity index (χ2n) is 8.04. The number of benzene rings is 2. The van der Waals surface area contributed by atoms with Crippen molar-refractivity contribution in [2.45, 2.75) is 26.1 Å². The summed E-state index contributed by atoms with van der Waals surface area (Å²) in [6, 6.07) is 6.08. The minimum Gasteiger partial charge on any atom is -0.501 e. The first-order valence-electron chi connectivity index (χ1n) is 11.4. The predicted octanol–water partition coefficient (Wildman–Crippen LogP) is 2.58. The number of allylic oxidation sites excluding steroid dienone is 1. The summed E-state index contributed by atoms with van der Waals surface area (Å²) in [6.07, 6.45) is -0.0473. The third-order valence-electron chi connectivity index (χ3n) is 5.37. The SMILES string of the molecule is CCOc1cc([C@H]2NC(=O)NC(C)=C2C(=O)OC)ccc1OC[C@H](O)N/N=C\c1cc(Br)c(O)c([N+](=O)[O-])c1.